The van der Waals surface area contributed by atoms with Crippen molar-refractivity contribution in [2.45, 2.75) is 18.7 Å². The summed E-state index contributed by atoms with van der Waals surface area (Å²) in [4.78, 5) is 0.250. The fourth-order valence-corrected chi connectivity index (χ4v) is 3.18. The molecule has 0 aliphatic heterocycles. The van der Waals surface area contributed by atoms with E-state index in [-0.39, 0.29) is 24.6 Å². The van der Waals surface area contributed by atoms with E-state index in [9.17, 15) is 8.42 Å². The molecule has 19 heavy (non-hydrogen) atoms. The zero-order valence-electron chi connectivity index (χ0n) is 11.6. The number of ether oxygens (including phenoxy) is 1. The largest absolute Gasteiger partial charge is 0.395 e. The summed E-state index contributed by atoms with van der Waals surface area (Å²) in [5.74, 6) is 0. The van der Waals surface area contributed by atoms with Gasteiger partial charge in [-0.1, -0.05) is 6.07 Å². The number of nitrogens with zero attached hydrogens (tertiary/aromatic N) is 1. The van der Waals surface area contributed by atoms with Gasteiger partial charge in [0.05, 0.1) is 18.1 Å². The molecule has 0 aromatic heterocycles. The molecule has 1 N–H and O–H groups in total. The van der Waals surface area contributed by atoms with Gasteiger partial charge >= 0.3 is 0 Å². The maximum absolute atomic E-state index is 12.5. The quantitative estimate of drug-likeness (QED) is 0.810. The van der Waals surface area contributed by atoms with Crippen LogP contribution in [0.2, 0.25) is 0 Å². The van der Waals surface area contributed by atoms with E-state index >= 15 is 0 Å². The molecule has 5 nitrogen and oxygen atoms in total. The predicted octanol–water partition coefficient (Wildman–Crippen LogP) is 0.933. The summed E-state index contributed by atoms with van der Waals surface area (Å²) in [6.07, 6.45) is 0. The number of benzene rings is 1. The van der Waals surface area contributed by atoms with Crippen LogP contribution in [-0.2, 0) is 14.8 Å². The highest BCUT2D eigenvalue weighted by Crippen LogP contribution is 2.18. The first-order valence-electron chi connectivity index (χ1n) is 6.10. The lowest BCUT2D eigenvalue weighted by molar-refractivity contribution is 0.168. The van der Waals surface area contributed by atoms with Crippen LogP contribution in [0.25, 0.3) is 0 Å². The Labute approximate surface area is 114 Å². The SMILES string of the molecule is COCCN(CCO)S(=O)(=O)c1ccc(C)c(C)c1. The molecule has 0 aliphatic carbocycles. The van der Waals surface area contributed by atoms with Gasteiger partial charge in [-0.25, -0.2) is 8.42 Å². The summed E-state index contributed by atoms with van der Waals surface area (Å²) in [7, 11) is -2.07. The molecule has 0 radical (unpaired) electrons. The van der Waals surface area contributed by atoms with Crippen molar-refractivity contribution in [1.29, 1.82) is 0 Å². The van der Waals surface area contributed by atoms with Crippen molar-refractivity contribution in [2.24, 2.45) is 0 Å². The van der Waals surface area contributed by atoms with Gasteiger partial charge in [-0.15, -0.1) is 0 Å². The topological polar surface area (TPSA) is 66.8 Å². The second-order valence-electron chi connectivity index (χ2n) is 4.37. The van der Waals surface area contributed by atoms with Crippen molar-refractivity contribution in [3.05, 3.63) is 29.3 Å². The summed E-state index contributed by atoms with van der Waals surface area (Å²) < 4.78 is 31.0. The highest BCUT2D eigenvalue weighted by Gasteiger charge is 2.23. The number of aryl methyl sites for hydroxylation is 2. The Morgan fingerprint density at radius 3 is 2.42 bits per heavy atom. The monoisotopic (exact) mass is 287 g/mol. The molecule has 0 fully saturated rings. The Morgan fingerprint density at radius 2 is 1.89 bits per heavy atom. The number of rotatable bonds is 7. The van der Waals surface area contributed by atoms with Crippen molar-refractivity contribution in [3.8, 4) is 0 Å². The molecule has 1 aromatic carbocycles. The Kier molecular flexibility index (Phi) is 5.93. The van der Waals surface area contributed by atoms with E-state index in [1.165, 1.54) is 11.4 Å². The van der Waals surface area contributed by atoms with E-state index in [0.29, 0.717) is 6.61 Å². The average Bonchev–Trinajstić information content (AvgIpc) is 2.37. The smallest absolute Gasteiger partial charge is 0.243 e. The average molecular weight is 287 g/mol. The van der Waals surface area contributed by atoms with Crippen LogP contribution in [0, 0.1) is 13.8 Å². The Balaban J connectivity index is 3.07. The molecule has 0 amide bonds. The molecular weight excluding hydrogens is 266 g/mol. The number of aliphatic hydroxyl groups excluding tert-OH is 1. The molecular formula is C13H21NO4S. The maximum Gasteiger partial charge on any atom is 0.243 e. The molecule has 0 saturated carbocycles. The molecule has 6 heteroatoms. The van der Waals surface area contributed by atoms with Crippen LogP contribution in [0.4, 0.5) is 0 Å². The lowest BCUT2D eigenvalue weighted by Crippen LogP contribution is -2.36. The molecule has 0 spiro atoms. The Hall–Kier alpha value is -0.950. The second kappa shape index (κ2) is 7.00. The van der Waals surface area contributed by atoms with E-state index < -0.39 is 10.0 Å². The van der Waals surface area contributed by atoms with Gasteiger partial charge in [-0.3, -0.25) is 0 Å². The van der Waals surface area contributed by atoms with Crippen molar-refractivity contribution >= 4 is 10.0 Å². The van der Waals surface area contributed by atoms with E-state index in [1.807, 2.05) is 13.8 Å². The van der Waals surface area contributed by atoms with Gasteiger partial charge in [-0.05, 0) is 37.1 Å². The highest BCUT2D eigenvalue weighted by atomic mass is 32.2. The number of sulfonamides is 1. The van der Waals surface area contributed by atoms with Gasteiger partial charge in [0.15, 0.2) is 0 Å². The van der Waals surface area contributed by atoms with Crippen LogP contribution in [-0.4, -0.2) is 51.2 Å². The van der Waals surface area contributed by atoms with Gasteiger partial charge < -0.3 is 9.84 Å². The molecule has 0 saturated heterocycles. The van der Waals surface area contributed by atoms with Crippen LogP contribution in [0.15, 0.2) is 23.1 Å². The summed E-state index contributed by atoms with van der Waals surface area (Å²) >= 11 is 0. The van der Waals surface area contributed by atoms with Crippen LogP contribution in [0.1, 0.15) is 11.1 Å². The van der Waals surface area contributed by atoms with Crippen molar-refractivity contribution < 1.29 is 18.3 Å². The van der Waals surface area contributed by atoms with E-state index in [0.717, 1.165) is 11.1 Å². The highest BCUT2D eigenvalue weighted by molar-refractivity contribution is 7.89. The van der Waals surface area contributed by atoms with Crippen LogP contribution < -0.4 is 0 Å². The molecule has 0 bridgehead atoms. The van der Waals surface area contributed by atoms with Crippen LogP contribution >= 0.6 is 0 Å². The first-order chi connectivity index (χ1) is 8.93. The molecule has 1 aromatic rings. The number of aliphatic hydroxyl groups is 1. The normalized spacial score (nSPS) is 12.1. The van der Waals surface area contributed by atoms with Gasteiger partial charge in [0, 0.05) is 20.2 Å². The van der Waals surface area contributed by atoms with Crippen LogP contribution in [0.3, 0.4) is 0 Å². The standard InChI is InChI=1S/C13H21NO4S/c1-11-4-5-13(10-12(11)2)19(16,17)14(6-8-15)7-9-18-3/h4-5,10,15H,6-9H2,1-3H3. The van der Waals surface area contributed by atoms with E-state index in [1.54, 1.807) is 18.2 Å². The lowest BCUT2D eigenvalue weighted by atomic mass is 10.1. The zero-order chi connectivity index (χ0) is 14.5. The predicted molar refractivity (Wildman–Crippen MR) is 73.6 cm³/mol. The van der Waals surface area contributed by atoms with E-state index in [4.69, 9.17) is 9.84 Å². The van der Waals surface area contributed by atoms with Gasteiger partial charge in [0.25, 0.3) is 0 Å². The summed E-state index contributed by atoms with van der Waals surface area (Å²) in [6.45, 7) is 4.19. The summed E-state index contributed by atoms with van der Waals surface area (Å²) in [6, 6.07) is 5.03. The Bertz CT molecular complexity index is 513. The minimum Gasteiger partial charge on any atom is -0.395 e. The third kappa shape index (κ3) is 4.01. The van der Waals surface area contributed by atoms with Gasteiger partial charge in [-0.2, -0.15) is 4.31 Å². The molecule has 108 valence electrons. The molecule has 0 unspecified atom stereocenters. The van der Waals surface area contributed by atoms with Crippen LogP contribution in [0.5, 0.6) is 0 Å². The number of hydrogen-bond donors (Lipinski definition) is 1. The Morgan fingerprint density at radius 1 is 1.21 bits per heavy atom. The minimum absolute atomic E-state index is 0.0681. The second-order valence-corrected chi connectivity index (χ2v) is 6.30. The fourth-order valence-electron chi connectivity index (χ4n) is 1.68. The third-order valence-electron chi connectivity index (χ3n) is 3.01. The van der Waals surface area contributed by atoms with Gasteiger partial charge in [0.1, 0.15) is 0 Å². The summed E-state index contributed by atoms with van der Waals surface area (Å²) in [5.41, 5.74) is 1.97. The van der Waals surface area contributed by atoms with E-state index in [2.05, 4.69) is 0 Å². The third-order valence-corrected chi connectivity index (χ3v) is 4.91. The molecule has 1 rings (SSSR count). The number of methoxy groups -OCH3 is 1. The number of hydrogen-bond acceptors (Lipinski definition) is 4. The first kappa shape index (κ1) is 16.1. The summed E-state index contributed by atoms with van der Waals surface area (Å²) in [5, 5.41) is 9.00. The first-order valence-corrected chi connectivity index (χ1v) is 7.54. The molecule has 0 aliphatic rings. The zero-order valence-corrected chi connectivity index (χ0v) is 12.4. The molecule has 0 atom stereocenters. The van der Waals surface area contributed by atoms with Crippen molar-refractivity contribution in [1.82, 2.24) is 4.31 Å². The minimum atomic E-state index is -3.58. The molecule has 0 heterocycles. The van der Waals surface area contributed by atoms with Crippen molar-refractivity contribution in [2.75, 3.05) is 33.4 Å². The van der Waals surface area contributed by atoms with Gasteiger partial charge in [0.2, 0.25) is 10.0 Å². The maximum atomic E-state index is 12.5. The fraction of sp³-hybridized carbons (Fsp3) is 0.538. The lowest BCUT2D eigenvalue weighted by Gasteiger charge is -2.21. The van der Waals surface area contributed by atoms with Crippen molar-refractivity contribution in [3.63, 3.8) is 0 Å².